The molecule has 0 spiro atoms. The number of amides is 1. The summed E-state index contributed by atoms with van der Waals surface area (Å²) in [5, 5.41) is 6.09. The first-order chi connectivity index (χ1) is 9.54. The van der Waals surface area contributed by atoms with Gasteiger partial charge in [-0.15, -0.1) is 0 Å². The molecule has 0 fully saturated rings. The second kappa shape index (κ2) is 6.61. The Morgan fingerprint density at radius 2 is 1.90 bits per heavy atom. The van der Waals surface area contributed by atoms with E-state index in [2.05, 4.69) is 26.6 Å². The average molecular weight is 337 g/mol. The van der Waals surface area contributed by atoms with Gasteiger partial charge in [-0.05, 0) is 66.2 Å². The lowest BCUT2D eigenvalue weighted by atomic mass is 10.2. The number of anilines is 1. The van der Waals surface area contributed by atoms with Crippen molar-refractivity contribution in [2.24, 2.45) is 0 Å². The number of nitrogens with one attached hydrogen (secondary N) is 2. The highest BCUT2D eigenvalue weighted by Gasteiger charge is 2.06. The number of hydrogen-bond acceptors (Lipinski definition) is 3. The molecular weight excluding hydrogens is 320 g/mol. The van der Waals surface area contributed by atoms with E-state index in [0.717, 1.165) is 16.1 Å². The zero-order chi connectivity index (χ0) is 14.5. The van der Waals surface area contributed by atoms with E-state index < -0.39 is 0 Å². The van der Waals surface area contributed by atoms with Crippen molar-refractivity contribution in [1.82, 2.24) is 5.32 Å². The second-order valence-corrected chi connectivity index (χ2v) is 5.55. The van der Waals surface area contributed by atoms with Crippen molar-refractivity contribution in [3.63, 3.8) is 0 Å². The van der Waals surface area contributed by atoms with Crippen LogP contribution in [-0.4, -0.2) is 11.9 Å². The number of carbonyl (C=O) groups excluding carboxylic acids is 1. The normalized spacial score (nSPS) is 10.6. The van der Waals surface area contributed by atoms with Gasteiger partial charge in [0, 0.05) is 17.3 Å². The molecule has 0 atom stereocenters. The van der Waals surface area contributed by atoms with Crippen LogP contribution in [0.4, 0.5) is 5.69 Å². The van der Waals surface area contributed by atoms with Gasteiger partial charge < -0.3 is 15.1 Å². The van der Waals surface area contributed by atoms with Gasteiger partial charge in [-0.1, -0.05) is 0 Å². The Morgan fingerprint density at radius 1 is 1.20 bits per heavy atom. The van der Waals surface area contributed by atoms with E-state index in [-0.39, 0.29) is 11.9 Å². The fourth-order valence-corrected chi connectivity index (χ4v) is 2.06. The molecule has 1 heterocycles. The van der Waals surface area contributed by atoms with Crippen LogP contribution in [0.1, 0.15) is 30.0 Å². The second-order valence-electron chi connectivity index (χ2n) is 4.76. The molecule has 0 saturated carbocycles. The molecular formula is C15H17BrN2O2. The smallest absolute Gasteiger partial charge is 0.251 e. The minimum Gasteiger partial charge on any atom is -0.452 e. The van der Waals surface area contributed by atoms with Crippen molar-refractivity contribution < 1.29 is 9.21 Å². The fraction of sp³-hybridized carbons (Fsp3) is 0.267. The molecule has 20 heavy (non-hydrogen) atoms. The summed E-state index contributed by atoms with van der Waals surface area (Å²) in [6.45, 7) is 4.48. The van der Waals surface area contributed by atoms with E-state index in [1.807, 2.05) is 38.1 Å². The first kappa shape index (κ1) is 14.7. The van der Waals surface area contributed by atoms with Gasteiger partial charge in [-0.3, -0.25) is 4.79 Å². The number of carbonyl (C=O) groups is 1. The molecule has 0 aliphatic rings. The van der Waals surface area contributed by atoms with Gasteiger partial charge in [0.25, 0.3) is 5.91 Å². The molecule has 1 amide bonds. The lowest BCUT2D eigenvalue weighted by Gasteiger charge is -2.09. The predicted molar refractivity (Wildman–Crippen MR) is 82.8 cm³/mol. The molecule has 2 rings (SSSR count). The summed E-state index contributed by atoms with van der Waals surface area (Å²) in [4.78, 5) is 11.8. The lowest BCUT2D eigenvalue weighted by Crippen LogP contribution is -2.29. The average Bonchev–Trinajstić information content (AvgIpc) is 2.82. The predicted octanol–water partition coefficient (Wildman–Crippen LogP) is 3.79. The van der Waals surface area contributed by atoms with E-state index in [4.69, 9.17) is 4.42 Å². The van der Waals surface area contributed by atoms with Gasteiger partial charge in [0.1, 0.15) is 5.76 Å². The molecule has 4 nitrogen and oxygen atoms in total. The molecule has 5 heteroatoms. The van der Waals surface area contributed by atoms with E-state index in [1.54, 1.807) is 12.1 Å². The van der Waals surface area contributed by atoms with Gasteiger partial charge in [0.05, 0.1) is 6.54 Å². The zero-order valence-corrected chi connectivity index (χ0v) is 13.0. The number of rotatable bonds is 5. The van der Waals surface area contributed by atoms with Crippen LogP contribution in [0.25, 0.3) is 0 Å². The standard InChI is InChI=1S/C15H17BrN2O2/c1-10(2)18-15(19)11-3-5-12(6-4-11)17-9-13-7-8-14(16)20-13/h3-8,10,17H,9H2,1-2H3,(H,18,19). The van der Waals surface area contributed by atoms with Gasteiger partial charge in [-0.25, -0.2) is 0 Å². The van der Waals surface area contributed by atoms with Crippen molar-refractivity contribution in [3.8, 4) is 0 Å². The van der Waals surface area contributed by atoms with Crippen molar-refractivity contribution in [2.45, 2.75) is 26.4 Å². The quantitative estimate of drug-likeness (QED) is 0.873. The van der Waals surface area contributed by atoms with E-state index in [1.165, 1.54) is 0 Å². The molecule has 106 valence electrons. The van der Waals surface area contributed by atoms with Crippen LogP contribution >= 0.6 is 15.9 Å². The highest BCUT2D eigenvalue weighted by Crippen LogP contribution is 2.16. The summed E-state index contributed by atoms with van der Waals surface area (Å²) in [6, 6.07) is 11.3. The Balaban J connectivity index is 1.93. The monoisotopic (exact) mass is 336 g/mol. The molecule has 0 saturated heterocycles. The SMILES string of the molecule is CC(C)NC(=O)c1ccc(NCc2ccc(Br)o2)cc1. The topological polar surface area (TPSA) is 54.3 Å². The van der Waals surface area contributed by atoms with Gasteiger partial charge in [0.15, 0.2) is 4.67 Å². The summed E-state index contributed by atoms with van der Waals surface area (Å²) >= 11 is 3.26. The summed E-state index contributed by atoms with van der Waals surface area (Å²) in [7, 11) is 0. The van der Waals surface area contributed by atoms with Gasteiger partial charge in [0.2, 0.25) is 0 Å². The van der Waals surface area contributed by atoms with Crippen molar-refractivity contribution in [3.05, 3.63) is 52.4 Å². The molecule has 0 bridgehead atoms. The maximum atomic E-state index is 11.8. The maximum absolute atomic E-state index is 11.8. The van der Waals surface area contributed by atoms with Crippen molar-refractivity contribution in [1.29, 1.82) is 0 Å². The third-order valence-electron chi connectivity index (χ3n) is 2.66. The number of halogens is 1. The Hall–Kier alpha value is -1.75. The number of benzene rings is 1. The number of hydrogen-bond donors (Lipinski definition) is 2. The van der Waals surface area contributed by atoms with Crippen LogP contribution in [0.15, 0.2) is 45.5 Å². The van der Waals surface area contributed by atoms with E-state index in [9.17, 15) is 4.79 Å². The Labute approximate surface area is 126 Å². The molecule has 0 unspecified atom stereocenters. The van der Waals surface area contributed by atoms with E-state index in [0.29, 0.717) is 12.1 Å². The van der Waals surface area contributed by atoms with Crippen molar-refractivity contribution >= 4 is 27.5 Å². The third-order valence-corrected chi connectivity index (χ3v) is 3.09. The molecule has 0 aliphatic heterocycles. The van der Waals surface area contributed by atoms with Crippen molar-refractivity contribution in [2.75, 3.05) is 5.32 Å². The molecule has 1 aromatic heterocycles. The Bertz CT molecular complexity index is 576. The third kappa shape index (κ3) is 4.13. The Kier molecular flexibility index (Phi) is 4.84. The molecule has 2 aromatic rings. The van der Waals surface area contributed by atoms with Crippen LogP contribution in [0.3, 0.4) is 0 Å². The first-order valence-electron chi connectivity index (χ1n) is 6.43. The molecule has 2 N–H and O–H groups in total. The van der Waals surface area contributed by atoms with Crippen LogP contribution in [-0.2, 0) is 6.54 Å². The van der Waals surface area contributed by atoms with Gasteiger partial charge in [-0.2, -0.15) is 0 Å². The maximum Gasteiger partial charge on any atom is 0.251 e. The summed E-state index contributed by atoms with van der Waals surface area (Å²) < 4.78 is 6.12. The lowest BCUT2D eigenvalue weighted by molar-refractivity contribution is 0.0943. The molecule has 0 aliphatic carbocycles. The molecule has 1 aromatic carbocycles. The minimum atomic E-state index is -0.0542. The summed E-state index contributed by atoms with van der Waals surface area (Å²) in [5.41, 5.74) is 1.60. The minimum absolute atomic E-state index is 0.0542. The van der Waals surface area contributed by atoms with Crippen LogP contribution in [0, 0.1) is 0 Å². The highest BCUT2D eigenvalue weighted by atomic mass is 79.9. The number of furan rings is 1. The summed E-state index contributed by atoms with van der Waals surface area (Å²) in [5.74, 6) is 0.792. The zero-order valence-electron chi connectivity index (χ0n) is 11.4. The first-order valence-corrected chi connectivity index (χ1v) is 7.23. The largest absolute Gasteiger partial charge is 0.452 e. The fourth-order valence-electron chi connectivity index (χ4n) is 1.72. The van der Waals surface area contributed by atoms with Gasteiger partial charge >= 0.3 is 0 Å². The summed E-state index contributed by atoms with van der Waals surface area (Å²) in [6.07, 6.45) is 0. The van der Waals surface area contributed by atoms with E-state index >= 15 is 0 Å². The highest BCUT2D eigenvalue weighted by molar-refractivity contribution is 9.10. The van der Waals surface area contributed by atoms with Crippen LogP contribution in [0.5, 0.6) is 0 Å². The van der Waals surface area contributed by atoms with Crippen LogP contribution < -0.4 is 10.6 Å². The molecule has 0 radical (unpaired) electrons. The van der Waals surface area contributed by atoms with Crippen LogP contribution in [0.2, 0.25) is 0 Å². The Morgan fingerprint density at radius 3 is 2.45 bits per heavy atom.